The number of benzene rings is 1. The van der Waals surface area contributed by atoms with Crippen molar-refractivity contribution in [3.63, 3.8) is 0 Å². The molecule has 112 valence electrons. The topological polar surface area (TPSA) is 26.0 Å². The van der Waals surface area contributed by atoms with Gasteiger partial charge in [-0.1, -0.05) is 44.9 Å². The summed E-state index contributed by atoms with van der Waals surface area (Å²) in [7, 11) is 0. The number of nitrogens with two attached hydrogens (primary N) is 1. The number of hydrogen-bond acceptors (Lipinski definition) is 2. The van der Waals surface area contributed by atoms with Crippen LogP contribution in [0.15, 0.2) is 29.2 Å². The first-order valence-electron chi connectivity index (χ1n) is 7.91. The van der Waals surface area contributed by atoms with Crippen molar-refractivity contribution >= 4 is 11.8 Å². The van der Waals surface area contributed by atoms with Crippen LogP contribution in [0.4, 0.5) is 0 Å². The molecule has 1 aliphatic carbocycles. The lowest BCUT2D eigenvalue weighted by molar-refractivity contribution is 0.148. The molecule has 0 aromatic heterocycles. The summed E-state index contributed by atoms with van der Waals surface area (Å²) >= 11 is 1.99. The molecular weight excluding hydrogens is 262 g/mol. The van der Waals surface area contributed by atoms with Crippen molar-refractivity contribution in [3.05, 3.63) is 29.8 Å². The normalized spacial score (nSPS) is 27.6. The molecule has 1 fully saturated rings. The zero-order valence-corrected chi connectivity index (χ0v) is 14.2. The van der Waals surface area contributed by atoms with Crippen LogP contribution in [0.25, 0.3) is 0 Å². The van der Waals surface area contributed by atoms with Gasteiger partial charge in [0.25, 0.3) is 0 Å². The van der Waals surface area contributed by atoms with E-state index in [2.05, 4.69) is 52.0 Å². The Labute approximate surface area is 128 Å². The summed E-state index contributed by atoms with van der Waals surface area (Å²) in [6, 6.07) is 9.22. The summed E-state index contributed by atoms with van der Waals surface area (Å²) in [6.07, 6.45) is 5.00. The van der Waals surface area contributed by atoms with Crippen molar-refractivity contribution < 1.29 is 0 Å². The highest BCUT2D eigenvalue weighted by Gasteiger charge is 2.36. The Morgan fingerprint density at radius 2 is 1.85 bits per heavy atom. The van der Waals surface area contributed by atoms with E-state index in [-0.39, 0.29) is 0 Å². The molecule has 3 unspecified atom stereocenters. The molecule has 1 aromatic rings. The number of rotatable bonds is 4. The second kappa shape index (κ2) is 6.53. The molecule has 0 bridgehead atoms. The third-order valence-electron chi connectivity index (χ3n) is 5.17. The minimum Gasteiger partial charge on any atom is -0.327 e. The van der Waals surface area contributed by atoms with E-state index in [4.69, 9.17) is 5.73 Å². The molecule has 0 amide bonds. The van der Waals surface area contributed by atoms with Gasteiger partial charge >= 0.3 is 0 Å². The van der Waals surface area contributed by atoms with Gasteiger partial charge in [0.1, 0.15) is 0 Å². The molecule has 3 atom stereocenters. The standard InChI is InChI=1S/C18H29NS/c1-5-18(3,4)14-8-11-16(19)17(12-14)20-15-9-6-13(2)7-10-15/h6-7,9-10,14,16-17H,5,8,11-12,19H2,1-4H3. The highest BCUT2D eigenvalue weighted by molar-refractivity contribution is 8.00. The molecule has 2 rings (SSSR count). The van der Waals surface area contributed by atoms with Crippen molar-refractivity contribution in [1.29, 1.82) is 0 Å². The van der Waals surface area contributed by atoms with Gasteiger partial charge in [-0.3, -0.25) is 0 Å². The molecule has 1 saturated carbocycles. The van der Waals surface area contributed by atoms with Crippen LogP contribution in [0.5, 0.6) is 0 Å². The minimum absolute atomic E-state index is 0.352. The Morgan fingerprint density at radius 1 is 1.20 bits per heavy atom. The van der Waals surface area contributed by atoms with E-state index in [1.54, 1.807) is 0 Å². The van der Waals surface area contributed by atoms with Crippen LogP contribution in [-0.4, -0.2) is 11.3 Å². The van der Waals surface area contributed by atoms with Gasteiger partial charge < -0.3 is 5.73 Å². The lowest BCUT2D eigenvalue weighted by Gasteiger charge is -2.41. The summed E-state index contributed by atoms with van der Waals surface area (Å²) < 4.78 is 0. The van der Waals surface area contributed by atoms with E-state index in [1.807, 2.05) is 11.8 Å². The van der Waals surface area contributed by atoms with Crippen LogP contribution in [0.3, 0.4) is 0 Å². The molecule has 0 heterocycles. The molecule has 2 N–H and O–H groups in total. The molecule has 1 aliphatic rings. The Hall–Kier alpha value is -0.470. The van der Waals surface area contributed by atoms with Gasteiger partial charge in [0.05, 0.1) is 0 Å². The van der Waals surface area contributed by atoms with Gasteiger partial charge in [-0.05, 0) is 49.7 Å². The van der Waals surface area contributed by atoms with E-state index in [1.165, 1.54) is 36.1 Å². The predicted octanol–water partition coefficient (Wildman–Crippen LogP) is 5.02. The Balaban J connectivity index is 2.04. The van der Waals surface area contributed by atoms with Crippen molar-refractivity contribution in [2.24, 2.45) is 17.1 Å². The highest BCUT2D eigenvalue weighted by atomic mass is 32.2. The SMILES string of the molecule is CCC(C)(C)C1CCC(N)C(Sc2ccc(C)cc2)C1. The van der Waals surface area contributed by atoms with Gasteiger partial charge in [-0.15, -0.1) is 11.8 Å². The van der Waals surface area contributed by atoms with Crippen LogP contribution in [0, 0.1) is 18.3 Å². The molecule has 0 saturated heterocycles. The van der Waals surface area contributed by atoms with Crippen molar-refractivity contribution in [2.75, 3.05) is 0 Å². The lowest BCUT2D eigenvalue weighted by Crippen LogP contribution is -2.42. The monoisotopic (exact) mass is 291 g/mol. The van der Waals surface area contributed by atoms with Crippen molar-refractivity contribution in [3.8, 4) is 0 Å². The molecule has 1 aromatic carbocycles. The quantitative estimate of drug-likeness (QED) is 0.843. The fraction of sp³-hybridized carbons (Fsp3) is 0.667. The summed E-state index contributed by atoms with van der Waals surface area (Å²) in [6.45, 7) is 9.29. The van der Waals surface area contributed by atoms with E-state index in [0.717, 1.165) is 5.92 Å². The largest absolute Gasteiger partial charge is 0.327 e. The predicted molar refractivity (Wildman–Crippen MR) is 90.2 cm³/mol. The van der Waals surface area contributed by atoms with E-state index in [0.29, 0.717) is 16.7 Å². The smallest absolute Gasteiger partial charge is 0.0249 e. The summed E-state index contributed by atoms with van der Waals surface area (Å²) in [4.78, 5) is 1.37. The summed E-state index contributed by atoms with van der Waals surface area (Å²) in [5, 5.41) is 0.572. The lowest BCUT2D eigenvalue weighted by atomic mass is 9.69. The second-order valence-corrected chi connectivity index (χ2v) is 8.30. The Morgan fingerprint density at radius 3 is 2.45 bits per heavy atom. The summed E-state index contributed by atoms with van der Waals surface area (Å²) in [5.41, 5.74) is 8.16. The zero-order valence-electron chi connectivity index (χ0n) is 13.4. The third-order valence-corrected chi connectivity index (χ3v) is 6.56. The maximum Gasteiger partial charge on any atom is 0.0249 e. The van der Waals surface area contributed by atoms with E-state index in [9.17, 15) is 0 Å². The van der Waals surface area contributed by atoms with Crippen LogP contribution in [-0.2, 0) is 0 Å². The minimum atomic E-state index is 0.352. The molecule has 0 aliphatic heterocycles. The number of hydrogen-bond donors (Lipinski definition) is 1. The van der Waals surface area contributed by atoms with Gasteiger partial charge in [0, 0.05) is 16.2 Å². The van der Waals surface area contributed by atoms with Crippen molar-refractivity contribution in [1.82, 2.24) is 0 Å². The molecule has 1 nitrogen and oxygen atoms in total. The zero-order chi connectivity index (χ0) is 14.8. The molecule has 0 spiro atoms. The Kier molecular flexibility index (Phi) is 5.19. The van der Waals surface area contributed by atoms with Gasteiger partial charge in [-0.2, -0.15) is 0 Å². The van der Waals surface area contributed by atoms with Crippen LogP contribution >= 0.6 is 11.8 Å². The van der Waals surface area contributed by atoms with E-state index < -0.39 is 0 Å². The van der Waals surface area contributed by atoms with Crippen LogP contribution in [0.2, 0.25) is 0 Å². The van der Waals surface area contributed by atoms with Crippen LogP contribution < -0.4 is 5.73 Å². The van der Waals surface area contributed by atoms with Gasteiger partial charge in [-0.25, -0.2) is 0 Å². The first-order chi connectivity index (χ1) is 9.42. The van der Waals surface area contributed by atoms with Gasteiger partial charge in [0.15, 0.2) is 0 Å². The van der Waals surface area contributed by atoms with Crippen LogP contribution in [0.1, 0.15) is 52.0 Å². The summed E-state index contributed by atoms with van der Waals surface area (Å²) in [5.74, 6) is 0.815. The average Bonchev–Trinajstić information content (AvgIpc) is 2.43. The maximum absolute atomic E-state index is 6.38. The van der Waals surface area contributed by atoms with Crippen molar-refractivity contribution in [2.45, 2.75) is 69.6 Å². The number of aryl methyl sites for hydroxylation is 1. The first kappa shape index (κ1) is 15.9. The molecule has 20 heavy (non-hydrogen) atoms. The third kappa shape index (κ3) is 3.79. The molecule has 0 radical (unpaired) electrons. The molecule has 2 heteroatoms. The fourth-order valence-electron chi connectivity index (χ4n) is 3.08. The highest BCUT2D eigenvalue weighted by Crippen LogP contribution is 2.44. The maximum atomic E-state index is 6.38. The second-order valence-electron chi connectivity index (χ2n) is 6.99. The van der Waals surface area contributed by atoms with Gasteiger partial charge in [0.2, 0.25) is 0 Å². The average molecular weight is 292 g/mol. The first-order valence-corrected chi connectivity index (χ1v) is 8.79. The number of thioether (sulfide) groups is 1. The van der Waals surface area contributed by atoms with E-state index >= 15 is 0 Å². The molecular formula is C18H29NS. The fourth-order valence-corrected chi connectivity index (χ4v) is 4.36. The Bertz CT molecular complexity index is 424.